The fourth-order valence-electron chi connectivity index (χ4n) is 2.82. The third-order valence-corrected chi connectivity index (χ3v) is 4.64. The number of aliphatic carboxylic acids is 1. The molecule has 0 heterocycles. The van der Waals surface area contributed by atoms with Crippen LogP contribution in [0.1, 0.15) is 11.1 Å². The number of ether oxygens (including phenoxy) is 1. The highest BCUT2D eigenvalue weighted by atomic mass is 35.5. The zero-order valence-electron chi connectivity index (χ0n) is 14.5. The van der Waals surface area contributed by atoms with Crippen LogP contribution >= 0.6 is 23.2 Å². The van der Waals surface area contributed by atoms with E-state index in [2.05, 4.69) is 0 Å². The summed E-state index contributed by atoms with van der Waals surface area (Å²) >= 11 is 12.4. The summed E-state index contributed by atoms with van der Waals surface area (Å²) in [6.45, 7) is -0.177. The maximum atomic E-state index is 10.9. The number of rotatable bonds is 6. The number of benzene rings is 3. The Labute approximate surface area is 171 Å². The van der Waals surface area contributed by atoms with E-state index in [1.165, 1.54) is 18.2 Å². The van der Waals surface area contributed by atoms with Crippen molar-refractivity contribution in [2.75, 3.05) is 0 Å². The molecule has 0 saturated carbocycles. The first-order chi connectivity index (χ1) is 13.4. The quantitative estimate of drug-likeness (QED) is 0.506. The molecule has 0 atom stereocenters. The van der Waals surface area contributed by atoms with E-state index in [1.54, 1.807) is 36.4 Å². The van der Waals surface area contributed by atoms with Gasteiger partial charge in [0.2, 0.25) is 0 Å². The predicted octanol–water partition coefficient (Wildman–Crippen LogP) is 5.28. The molecular formula is C21H16Cl2O5. The van der Waals surface area contributed by atoms with Crippen molar-refractivity contribution in [3.05, 3.63) is 75.8 Å². The second kappa shape index (κ2) is 8.52. The second-order valence-corrected chi connectivity index (χ2v) is 6.87. The molecule has 0 amide bonds. The molecule has 0 saturated heterocycles. The third-order valence-electron chi connectivity index (χ3n) is 4.08. The van der Waals surface area contributed by atoms with Gasteiger partial charge in [-0.05, 0) is 47.0 Å². The van der Waals surface area contributed by atoms with Gasteiger partial charge >= 0.3 is 5.97 Å². The highest BCUT2D eigenvalue weighted by Crippen LogP contribution is 2.40. The van der Waals surface area contributed by atoms with Crippen LogP contribution in [0.3, 0.4) is 0 Å². The summed E-state index contributed by atoms with van der Waals surface area (Å²) in [5, 5.41) is 29.1. The average Bonchev–Trinajstić information content (AvgIpc) is 2.65. The minimum absolute atomic E-state index is 0.0299. The summed E-state index contributed by atoms with van der Waals surface area (Å²) in [6, 6.07) is 14.8. The van der Waals surface area contributed by atoms with Gasteiger partial charge in [-0.3, -0.25) is 4.79 Å². The van der Waals surface area contributed by atoms with Gasteiger partial charge < -0.3 is 20.1 Å². The van der Waals surface area contributed by atoms with Crippen LogP contribution in [0.2, 0.25) is 10.0 Å². The molecule has 28 heavy (non-hydrogen) atoms. The lowest BCUT2D eigenvalue weighted by Crippen LogP contribution is -2.00. The van der Waals surface area contributed by atoms with Crippen LogP contribution in [0.4, 0.5) is 0 Å². The summed E-state index contributed by atoms with van der Waals surface area (Å²) in [4.78, 5) is 10.9. The standard InChI is InChI=1S/C21H16Cl2O5/c22-17-7-12(9-20(26)27)8-18(23)21(17)28-14-5-6-19(25)16(10-14)15-4-2-1-3-13(15)11-24/h1-8,10,24-25H,9,11H2,(H,26,27). The lowest BCUT2D eigenvalue weighted by atomic mass is 9.99. The Hall–Kier alpha value is -2.73. The maximum absolute atomic E-state index is 10.9. The van der Waals surface area contributed by atoms with Crippen molar-refractivity contribution in [3.63, 3.8) is 0 Å². The van der Waals surface area contributed by atoms with Crippen LogP contribution < -0.4 is 4.74 Å². The highest BCUT2D eigenvalue weighted by molar-refractivity contribution is 6.37. The number of hydrogen-bond donors (Lipinski definition) is 3. The lowest BCUT2D eigenvalue weighted by molar-refractivity contribution is -0.136. The van der Waals surface area contributed by atoms with E-state index in [-0.39, 0.29) is 34.6 Å². The van der Waals surface area contributed by atoms with E-state index in [0.717, 1.165) is 0 Å². The number of hydrogen-bond acceptors (Lipinski definition) is 4. The van der Waals surface area contributed by atoms with Gasteiger partial charge in [-0.2, -0.15) is 0 Å². The first-order valence-electron chi connectivity index (χ1n) is 8.28. The van der Waals surface area contributed by atoms with Crippen LogP contribution in [0.25, 0.3) is 11.1 Å². The predicted molar refractivity (Wildman–Crippen MR) is 107 cm³/mol. The smallest absolute Gasteiger partial charge is 0.307 e. The molecule has 0 aliphatic rings. The molecule has 0 fully saturated rings. The first-order valence-corrected chi connectivity index (χ1v) is 9.04. The number of aromatic hydroxyl groups is 1. The zero-order chi connectivity index (χ0) is 20.3. The van der Waals surface area contributed by atoms with Gasteiger partial charge in [-0.1, -0.05) is 47.5 Å². The highest BCUT2D eigenvalue weighted by Gasteiger charge is 2.15. The molecule has 144 valence electrons. The van der Waals surface area contributed by atoms with Gasteiger partial charge in [0.05, 0.1) is 23.1 Å². The van der Waals surface area contributed by atoms with Gasteiger partial charge in [0.15, 0.2) is 5.75 Å². The molecule has 0 radical (unpaired) electrons. The molecular weight excluding hydrogens is 403 g/mol. The van der Waals surface area contributed by atoms with Gasteiger partial charge in [0.25, 0.3) is 0 Å². The molecule has 7 heteroatoms. The Morgan fingerprint density at radius 1 is 0.964 bits per heavy atom. The number of aliphatic hydroxyl groups excluding tert-OH is 1. The maximum Gasteiger partial charge on any atom is 0.307 e. The molecule has 3 aromatic carbocycles. The minimum Gasteiger partial charge on any atom is -0.507 e. The topological polar surface area (TPSA) is 87.0 Å². The summed E-state index contributed by atoms with van der Waals surface area (Å²) in [6.07, 6.45) is -0.207. The summed E-state index contributed by atoms with van der Waals surface area (Å²) in [7, 11) is 0. The van der Waals surface area contributed by atoms with E-state index in [0.29, 0.717) is 28.0 Å². The summed E-state index contributed by atoms with van der Waals surface area (Å²) < 4.78 is 5.81. The average molecular weight is 419 g/mol. The number of halogens is 2. The number of carboxylic acid groups (broad SMARTS) is 1. The number of phenolic OH excluding ortho intramolecular Hbond substituents is 1. The fourth-order valence-corrected chi connectivity index (χ4v) is 3.43. The Morgan fingerprint density at radius 2 is 1.64 bits per heavy atom. The largest absolute Gasteiger partial charge is 0.507 e. The molecule has 0 aliphatic heterocycles. The van der Waals surface area contributed by atoms with Crippen molar-refractivity contribution >= 4 is 29.2 Å². The van der Waals surface area contributed by atoms with E-state index in [9.17, 15) is 15.0 Å². The zero-order valence-corrected chi connectivity index (χ0v) is 16.0. The molecule has 3 N–H and O–H groups in total. The van der Waals surface area contributed by atoms with E-state index in [1.807, 2.05) is 0 Å². The Bertz CT molecular complexity index is 1010. The monoisotopic (exact) mass is 418 g/mol. The molecule has 0 unspecified atom stereocenters. The Kier molecular flexibility index (Phi) is 6.09. The molecule has 0 aromatic heterocycles. The van der Waals surface area contributed by atoms with Gasteiger partial charge in [0.1, 0.15) is 11.5 Å². The number of phenols is 1. The van der Waals surface area contributed by atoms with Crippen LogP contribution in [0, 0.1) is 0 Å². The number of carboxylic acids is 1. The lowest BCUT2D eigenvalue weighted by Gasteiger charge is -2.14. The van der Waals surface area contributed by atoms with Crippen molar-refractivity contribution in [3.8, 4) is 28.4 Å². The molecule has 3 aromatic rings. The van der Waals surface area contributed by atoms with E-state index in [4.69, 9.17) is 33.0 Å². The van der Waals surface area contributed by atoms with Crippen LogP contribution in [0.15, 0.2) is 54.6 Å². The van der Waals surface area contributed by atoms with Crippen molar-refractivity contribution in [2.45, 2.75) is 13.0 Å². The van der Waals surface area contributed by atoms with Crippen molar-refractivity contribution in [1.82, 2.24) is 0 Å². The van der Waals surface area contributed by atoms with E-state index >= 15 is 0 Å². The fraction of sp³-hybridized carbons (Fsp3) is 0.0952. The number of carbonyl (C=O) groups is 1. The van der Waals surface area contributed by atoms with Crippen molar-refractivity contribution < 1.29 is 24.9 Å². The third kappa shape index (κ3) is 4.39. The Balaban J connectivity index is 1.97. The first kappa shape index (κ1) is 20.0. The molecule has 0 spiro atoms. The van der Waals surface area contributed by atoms with Gasteiger partial charge in [0, 0.05) is 5.56 Å². The SMILES string of the molecule is O=C(O)Cc1cc(Cl)c(Oc2ccc(O)c(-c3ccccc3CO)c2)c(Cl)c1. The van der Waals surface area contributed by atoms with Crippen molar-refractivity contribution in [1.29, 1.82) is 0 Å². The second-order valence-electron chi connectivity index (χ2n) is 6.06. The minimum atomic E-state index is -0.994. The van der Waals surface area contributed by atoms with Crippen LogP contribution in [-0.4, -0.2) is 21.3 Å². The molecule has 3 rings (SSSR count). The van der Waals surface area contributed by atoms with E-state index < -0.39 is 5.97 Å². The normalized spacial score (nSPS) is 10.7. The number of aliphatic hydroxyl groups is 1. The molecule has 0 bridgehead atoms. The van der Waals surface area contributed by atoms with Gasteiger partial charge in [-0.25, -0.2) is 0 Å². The summed E-state index contributed by atoms with van der Waals surface area (Å²) in [5.41, 5.74) is 2.26. The summed E-state index contributed by atoms with van der Waals surface area (Å²) in [5.74, 6) is -0.409. The Morgan fingerprint density at radius 3 is 2.29 bits per heavy atom. The van der Waals surface area contributed by atoms with Crippen LogP contribution in [-0.2, 0) is 17.8 Å². The van der Waals surface area contributed by atoms with Crippen LogP contribution in [0.5, 0.6) is 17.2 Å². The molecule has 0 aliphatic carbocycles. The van der Waals surface area contributed by atoms with Gasteiger partial charge in [-0.15, -0.1) is 0 Å². The van der Waals surface area contributed by atoms with Crippen molar-refractivity contribution in [2.24, 2.45) is 0 Å². The molecule has 5 nitrogen and oxygen atoms in total.